The molecule has 0 aliphatic carbocycles. The van der Waals surface area contributed by atoms with Crippen LogP contribution < -0.4 is 4.90 Å². The minimum Gasteiger partial charge on any atom is -0.353 e. The summed E-state index contributed by atoms with van der Waals surface area (Å²) in [6.07, 6.45) is -2.65. The first kappa shape index (κ1) is 17.5. The number of benzene rings is 1. The van der Waals surface area contributed by atoms with Crippen molar-refractivity contribution >= 4 is 16.7 Å². The Morgan fingerprint density at radius 3 is 2.35 bits per heavy atom. The first-order chi connectivity index (χ1) is 12.5. The third-order valence-electron chi connectivity index (χ3n) is 5.55. The lowest BCUT2D eigenvalue weighted by molar-refractivity contribution is 0.0676. The average molecular weight is 361 g/mol. The molecule has 4 rings (SSSR count). The lowest BCUT2D eigenvalue weighted by atomic mass is 10.0. The molecule has 0 bridgehead atoms. The van der Waals surface area contributed by atoms with Gasteiger partial charge in [-0.15, -0.1) is 0 Å². The maximum atomic E-state index is 13.2. The smallest absolute Gasteiger partial charge is 0.297 e. The Morgan fingerprint density at radius 2 is 1.69 bits per heavy atom. The molecule has 1 aromatic heterocycles. The fourth-order valence-electron chi connectivity index (χ4n) is 3.89. The summed E-state index contributed by atoms with van der Waals surface area (Å²) >= 11 is 0. The maximum absolute atomic E-state index is 13.2. The maximum Gasteiger partial charge on any atom is 0.297 e. The fraction of sp³-hybridized carbons (Fsp3) is 0.579. The zero-order valence-electron chi connectivity index (χ0n) is 15.3. The van der Waals surface area contributed by atoms with E-state index in [-0.39, 0.29) is 5.82 Å². The quantitative estimate of drug-likeness (QED) is 0.837. The molecular formula is C19H25F2N5. The Kier molecular flexibility index (Phi) is 4.75. The van der Waals surface area contributed by atoms with Gasteiger partial charge in [0.05, 0.1) is 5.52 Å². The van der Waals surface area contributed by atoms with Crippen LogP contribution in [0.4, 0.5) is 14.6 Å². The van der Waals surface area contributed by atoms with Gasteiger partial charge < -0.3 is 4.90 Å². The number of anilines is 1. The van der Waals surface area contributed by atoms with E-state index in [1.165, 1.54) is 0 Å². The van der Waals surface area contributed by atoms with Crippen LogP contribution in [0.1, 0.15) is 26.1 Å². The number of hydrogen-bond donors (Lipinski definition) is 0. The van der Waals surface area contributed by atoms with Crippen LogP contribution in [0, 0.1) is 0 Å². The summed E-state index contributed by atoms with van der Waals surface area (Å²) in [5.41, 5.74) is 0.585. The molecule has 1 aromatic carbocycles. The Hall–Kier alpha value is -1.86. The van der Waals surface area contributed by atoms with Crippen LogP contribution in [-0.2, 0) is 0 Å². The molecule has 0 saturated carbocycles. The largest absolute Gasteiger partial charge is 0.353 e. The van der Waals surface area contributed by atoms with Crippen LogP contribution in [0.25, 0.3) is 10.9 Å². The van der Waals surface area contributed by atoms with Crippen molar-refractivity contribution in [3.8, 4) is 0 Å². The van der Waals surface area contributed by atoms with Crippen molar-refractivity contribution < 1.29 is 8.78 Å². The lowest BCUT2D eigenvalue weighted by Crippen LogP contribution is -2.63. The molecule has 2 aromatic rings. The van der Waals surface area contributed by atoms with Crippen LogP contribution in [0.3, 0.4) is 0 Å². The molecule has 26 heavy (non-hydrogen) atoms. The number of alkyl halides is 2. The van der Waals surface area contributed by atoms with Crippen LogP contribution in [-0.4, -0.2) is 71.1 Å². The molecule has 0 radical (unpaired) electrons. The second-order valence-electron chi connectivity index (χ2n) is 7.45. The summed E-state index contributed by atoms with van der Waals surface area (Å²) in [5, 5.41) is 0.847. The van der Waals surface area contributed by atoms with E-state index in [1.54, 1.807) is 6.07 Å². The highest BCUT2D eigenvalue weighted by molar-refractivity contribution is 5.89. The highest BCUT2D eigenvalue weighted by Gasteiger charge is 2.35. The second kappa shape index (κ2) is 7.04. The number of fused-ring (bicyclic) bond motifs is 1. The van der Waals surface area contributed by atoms with Crippen LogP contribution in [0.2, 0.25) is 0 Å². The van der Waals surface area contributed by atoms with Gasteiger partial charge in [0, 0.05) is 56.7 Å². The van der Waals surface area contributed by atoms with Crippen molar-refractivity contribution in [2.45, 2.75) is 32.4 Å². The van der Waals surface area contributed by atoms with E-state index < -0.39 is 6.43 Å². The molecule has 7 heteroatoms. The van der Waals surface area contributed by atoms with Crippen molar-refractivity contribution in [1.29, 1.82) is 0 Å². The van der Waals surface area contributed by atoms with Crippen molar-refractivity contribution in [2.24, 2.45) is 0 Å². The molecule has 5 nitrogen and oxygen atoms in total. The van der Waals surface area contributed by atoms with E-state index in [0.29, 0.717) is 23.4 Å². The number of nitrogens with zero attached hydrogens (tertiary/aromatic N) is 5. The molecule has 2 aliphatic rings. The summed E-state index contributed by atoms with van der Waals surface area (Å²) in [5.74, 6) is 0.260. The van der Waals surface area contributed by atoms with Crippen molar-refractivity contribution in [3.05, 3.63) is 30.1 Å². The molecule has 2 aliphatic heterocycles. The molecule has 3 heterocycles. The standard InChI is InChI=1S/C19H25F2N5/c1-13(2)24-7-9-25(10-8-24)14-11-26(12-14)19-15-5-3-4-6-16(15)22-18(23-19)17(20)21/h3-6,13-14,17H,7-12H2,1-2H3. The lowest BCUT2D eigenvalue weighted by Gasteiger charge is -2.49. The van der Waals surface area contributed by atoms with Gasteiger partial charge in [-0.05, 0) is 26.0 Å². The summed E-state index contributed by atoms with van der Waals surface area (Å²) in [6.45, 7) is 10.5. The van der Waals surface area contributed by atoms with Crippen LogP contribution in [0.5, 0.6) is 0 Å². The summed E-state index contributed by atoms with van der Waals surface area (Å²) in [6, 6.07) is 8.48. The highest BCUT2D eigenvalue weighted by atomic mass is 19.3. The normalized spacial score (nSPS) is 20.3. The summed E-state index contributed by atoms with van der Waals surface area (Å²) in [7, 11) is 0. The van der Waals surface area contributed by atoms with Crippen molar-refractivity contribution in [3.63, 3.8) is 0 Å². The minimum atomic E-state index is -2.65. The van der Waals surface area contributed by atoms with Crippen LogP contribution in [0.15, 0.2) is 24.3 Å². The Bertz CT molecular complexity index is 768. The summed E-state index contributed by atoms with van der Waals surface area (Å²) < 4.78 is 26.3. The molecule has 0 spiro atoms. The van der Waals surface area contributed by atoms with Gasteiger partial charge in [0.25, 0.3) is 6.43 Å². The van der Waals surface area contributed by atoms with E-state index >= 15 is 0 Å². The van der Waals surface area contributed by atoms with E-state index in [1.807, 2.05) is 18.2 Å². The third-order valence-corrected chi connectivity index (χ3v) is 5.55. The Balaban J connectivity index is 1.47. The van der Waals surface area contributed by atoms with Gasteiger partial charge in [-0.2, -0.15) is 0 Å². The average Bonchev–Trinajstić information content (AvgIpc) is 2.60. The molecule has 0 N–H and O–H groups in total. The molecule has 140 valence electrons. The molecule has 0 atom stereocenters. The highest BCUT2D eigenvalue weighted by Crippen LogP contribution is 2.31. The van der Waals surface area contributed by atoms with Gasteiger partial charge in [0.2, 0.25) is 0 Å². The molecule has 2 fully saturated rings. The topological polar surface area (TPSA) is 35.5 Å². The number of para-hydroxylation sites is 1. The molecule has 0 unspecified atom stereocenters. The second-order valence-corrected chi connectivity index (χ2v) is 7.45. The van der Waals surface area contributed by atoms with E-state index in [2.05, 4.69) is 38.5 Å². The SMILES string of the molecule is CC(C)N1CCN(C2CN(c3nc(C(F)F)nc4ccccc34)C2)CC1. The zero-order chi connectivity index (χ0) is 18.3. The van der Waals surface area contributed by atoms with Gasteiger partial charge in [0.1, 0.15) is 5.82 Å². The number of hydrogen-bond acceptors (Lipinski definition) is 5. The Morgan fingerprint density at radius 1 is 1.00 bits per heavy atom. The first-order valence-corrected chi connectivity index (χ1v) is 9.31. The monoisotopic (exact) mass is 361 g/mol. The predicted octanol–water partition coefficient (Wildman–Crippen LogP) is 2.78. The van der Waals surface area contributed by atoms with E-state index in [0.717, 1.165) is 44.7 Å². The predicted molar refractivity (Wildman–Crippen MR) is 98.8 cm³/mol. The molecular weight excluding hydrogens is 336 g/mol. The van der Waals surface area contributed by atoms with Crippen molar-refractivity contribution in [2.75, 3.05) is 44.2 Å². The van der Waals surface area contributed by atoms with Gasteiger partial charge in [-0.25, -0.2) is 18.7 Å². The number of piperazine rings is 1. The van der Waals surface area contributed by atoms with Gasteiger partial charge in [-0.3, -0.25) is 9.80 Å². The molecule has 2 saturated heterocycles. The summed E-state index contributed by atoms with van der Waals surface area (Å²) in [4.78, 5) is 15.3. The Labute approximate surface area is 152 Å². The van der Waals surface area contributed by atoms with Crippen molar-refractivity contribution in [1.82, 2.24) is 19.8 Å². The minimum absolute atomic E-state index is 0.382. The van der Waals surface area contributed by atoms with Gasteiger partial charge in [0.15, 0.2) is 5.82 Å². The van der Waals surface area contributed by atoms with Gasteiger partial charge >= 0.3 is 0 Å². The number of aromatic nitrogens is 2. The van der Waals surface area contributed by atoms with E-state index in [9.17, 15) is 8.78 Å². The third kappa shape index (κ3) is 3.25. The number of halogens is 2. The first-order valence-electron chi connectivity index (χ1n) is 9.31. The van der Waals surface area contributed by atoms with E-state index in [4.69, 9.17) is 0 Å². The molecule has 0 amide bonds. The fourth-order valence-corrected chi connectivity index (χ4v) is 3.89. The number of rotatable bonds is 4. The van der Waals surface area contributed by atoms with Crippen LogP contribution >= 0.6 is 0 Å². The zero-order valence-corrected chi connectivity index (χ0v) is 15.3. The van der Waals surface area contributed by atoms with Gasteiger partial charge in [-0.1, -0.05) is 12.1 Å².